The molecule has 1 saturated heterocycles. The molecule has 1 aliphatic heterocycles. The number of nitrogens with zero attached hydrogens (tertiary/aromatic N) is 4. The van der Waals surface area contributed by atoms with Crippen molar-refractivity contribution in [2.45, 2.75) is 70.4 Å². The van der Waals surface area contributed by atoms with Gasteiger partial charge in [0, 0.05) is 36.9 Å². The van der Waals surface area contributed by atoms with Gasteiger partial charge in [-0.2, -0.15) is 0 Å². The normalized spacial score (nSPS) is 21.4. The van der Waals surface area contributed by atoms with Crippen molar-refractivity contribution < 1.29 is 9.18 Å². The van der Waals surface area contributed by atoms with Crippen molar-refractivity contribution in [2.24, 2.45) is 0 Å². The fraction of sp³-hybridized carbons (Fsp3) is 0.500. The molecule has 1 saturated carbocycles. The first-order valence-electron chi connectivity index (χ1n) is 12.7. The molecule has 3 aromatic rings. The Morgan fingerprint density at radius 1 is 1.12 bits per heavy atom. The van der Waals surface area contributed by atoms with E-state index in [2.05, 4.69) is 22.1 Å². The molecule has 6 heteroatoms. The van der Waals surface area contributed by atoms with Gasteiger partial charge in [0.15, 0.2) is 0 Å². The zero-order valence-corrected chi connectivity index (χ0v) is 20.5. The van der Waals surface area contributed by atoms with Crippen molar-refractivity contribution in [1.29, 1.82) is 0 Å². The first kappa shape index (κ1) is 23.0. The van der Waals surface area contributed by atoms with E-state index < -0.39 is 5.82 Å². The lowest BCUT2D eigenvalue weighted by molar-refractivity contribution is 0.0754. The van der Waals surface area contributed by atoms with Crippen LogP contribution in [0.4, 0.5) is 4.39 Å². The molecule has 0 radical (unpaired) electrons. The van der Waals surface area contributed by atoms with Crippen molar-refractivity contribution >= 4 is 16.8 Å². The second kappa shape index (κ2) is 9.49. The number of pyridine rings is 1. The first-order chi connectivity index (χ1) is 16.4. The van der Waals surface area contributed by atoms with Gasteiger partial charge in [-0.15, -0.1) is 0 Å². The zero-order valence-electron chi connectivity index (χ0n) is 20.5. The van der Waals surface area contributed by atoms with Crippen molar-refractivity contribution in [1.82, 2.24) is 19.4 Å². The SMILES string of the molecule is CC(C)N(C)C(=O)c1cc(F)ccc1-n1cc(C2CCC(N3CCCC3)CC2)c2ccncc21. The molecule has 2 aromatic heterocycles. The van der Waals surface area contributed by atoms with Gasteiger partial charge in [-0.3, -0.25) is 9.78 Å². The van der Waals surface area contributed by atoms with Crippen LogP contribution >= 0.6 is 0 Å². The average Bonchev–Trinajstić information content (AvgIpc) is 3.52. The lowest BCUT2D eigenvalue weighted by atomic mass is 9.81. The number of carbonyl (C=O) groups is 1. The summed E-state index contributed by atoms with van der Waals surface area (Å²) in [6, 6.07) is 7.34. The van der Waals surface area contributed by atoms with Crippen LogP contribution in [0.2, 0.25) is 0 Å². The lowest BCUT2D eigenvalue weighted by Gasteiger charge is -2.34. The molecule has 0 bridgehead atoms. The summed E-state index contributed by atoms with van der Waals surface area (Å²) in [7, 11) is 1.77. The smallest absolute Gasteiger partial charge is 0.256 e. The number of halogens is 1. The molecule has 180 valence electrons. The summed E-state index contributed by atoms with van der Waals surface area (Å²) in [4.78, 5) is 22.0. The molecule has 5 nitrogen and oxygen atoms in total. The minimum absolute atomic E-state index is 0.0213. The summed E-state index contributed by atoms with van der Waals surface area (Å²) in [5, 5.41) is 1.18. The minimum Gasteiger partial charge on any atom is -0.339 e. The van der Waals surface area contributed by atoms with E-state index in [1.165, 1.54) is 74.7 Å². The Labute approximate surface area is 201 Å². The number of rotatable bonds is 5. The Morgan fingerprint density at radius 2 is 1.85 bits per heavy atom. The molecule has 5 rings (SSSR count). The number of amides is 1. The van der Waals surface area contributed by atoms with Crippen molar-refractivity contribution in [3.63, 3.8) is 0 Å². The van der Waals surface area contributed by atoms with Crippen LogP contribution in [0.5, 0.6) is 0 Å². The Balaban J connectivity index is 1.51. The van der Waals surface area contributed by atoms with E-state index in [1.807, 2.05) is 30.8 Å². The van der Waals surface area contributed by atoms with Crippen molar-refractivity contribution in [3.05, 3.63) is 59.8 Å². The van der Waals surface area contributed by atoms with Gasteiger partial charge in [0.1, 0.15) is 5.82 Å². The molecule has 1 aromatic carbocycles. The van der Waals surface area contributed by atoms with Gasteiger partial charge in [-0.25, -0.2) is 4.39 Å². The minimum atomic E-state index is -0.403. The van der Waals surface area contributed by atoms with Crippen LogP contribution in [0.3, 0.4) is 0 Å². The maximum atomic E-state index is 14.3. The van der Waals surface area contributed by atoms with E-state index in [0.29, 0.717) is 17.2 Å². The van der Waals surface area contributed by atoms with Gasteiger partial charge >= 0.3 is 0 Å². The van der Waals surface area contributed by atoms with Gasteiger partial charge in [-0.05, 0) is 101 Å². The number of aromatic nitrogens is 2. The predicted octanol–water partition coefficient (Wildman–Crippen LogP) is 5.77. The Morgan fingerprint density at radius 3 is 2.56 bits per heavy atom. The summed E-state index contributed by atoms with van der Waals surface area (Å²) in [6.45, 7) is 6.43. The van der Waals surface area contributed by atoms with Crippen LogP contribution in [0, 0.1) is 5.82 Å². The third-order valence-corrected chi connectivity index (χ3v) is 7.98. The largest absolute Gasteiger partial charge is 0.339 e. The summed E-state index contributed by atoms with van der Waals surface area (Å²) in [5.41, 5.74) is 3.36. The topological polar surface area (TPSA) is 41.4 Å². The number of hydrogen-bond donors (Lipinski definition) is 0. The third-order valence-electron chi connectivity index (χ3n) is 7.98. The molecule has 34 heavy (non-hydrogen) atoms. The second-order valence-corrected chi connectivity index (χ2v) is 10.3. The van der Waals surface area contributed by atoms with E-state index in [1.54, 1.807) is 18.0 Å². The standard InChI is InChI=1S/C28H35FN4O/c1-19(2)31(3)28(34)24-16-21(29)8-11-26(24)33-18-25(23-12-13-30-17-27(23)33)20-6-9-22(10-7-20)32-14-4-5-15-32/h8,11-13,16-20,22H,4-7,9-10,14-15H2,1-3H3. The molecule has 1 aliphatic carbocycles. The average molecular weight is 463 g/mol. The molecule has 0 atom stereocenters. The molecule has 0 spiro atoms. The summed E-state index contributed by atoms with van der Waals surface area (Å²) in [5.74, 6) is -0.0925. The van der Waals surface area contributed by atoms with Crippen molar-refractivity contribution in [3.8, 4) is 5.69 Å². The maximum absolute atomic E-state index is 14.3. The summed E-state index contributed by atoms with van der Waals surface area (Å²) < 4.78 is 16.3. The van der Waals surface area contributed by atoms with E-state index in [4.69, 9.17) is 0 Å². The fourth-order valence-electron chi connectivity index (χ4n) is 5.80. The molecule has 3 heterocycles. The van der Waals surface area contributed by atoms with Gasteiger partial charge in [0.25, 0.3) is 5.91 Å². The Bertz CT molecular complexity index is 1170. The number of hydrogen-bond acceptors (Lipinski definition) is 3. The van der Waals surface area contributed by atoms with Gasteiger partial charge < -0.3 is 14.4 Å². The van der Waals surface area contributed by atoms with Crippen LogP contribution < -0.4 is 0 Å². The highest BCUT2D eigenvalue weighted by atomic mass is 19.1. The van der Waals surface area contributed by atoms with Crippen LogP contribution in [-0.4, -0.2) is 57.5 Å². The molecule has 1 amide bonds. The lowest BCUT2D eigenvalue weighted by Crippen LogP contribution is -2.35. The number of benzene rings is 1. The summed E-state index contributed by atoms with van der Waals surface area (Å²) in [6.07, 6.45) is 13.4. The zero-order chi connectivity index (χ0) is 23.8. The fourth-order valence-corrected chi connectivity index (χ4v) is 5.80. The highest BCUT2D eigenvalue weighted by Gasteiger charge is 2.30. The molecule has 0 unspecified atom stereocenters. The molecular weight excluding hydrogens is 427 g/mol. The van der Waals surface area contributed by atoms with E-state index in [9.17, 15) is 9.18 Å². The molecule has 0 N–H and O–H groups in total. The van der Waals surface area contributed by atoms with Crippen LogP contribution in [-0.2, 0) is 0 Å². The Hall–Kier alpha value is -2.73. The number of fused-ring (bicyclic) bond motifs is 1. The molecule has 2 fully saturated rings. The van der Waals surface area contributed by atoms with Gasteiger partial charge in [0.05, 0.1) is 23.0 Å². The monoisotopic (exact) mass is 462 g/mol. The predicted molar refractivity (Wildman–Crippen MR) is 134 cm³/mol. The number of likely N-dealkylation sites (tertiary alicyclic amines) is 1. The van der Waals surface area contributed by atoms with E-state index in [-0.39, 0.29) is 11.9 Å². The van der Waals surface area contributed by atoms with Crippen LogP contribution in [0.15, 0.2) is 42.9 Å². The van der Waals surface area contributed by atoms with Crippen LogP contribution in [0.1, 0.15) is 74.2 Å². The van der Waals surface area contributed by atoms with Gasteiger partial charge in [0.2, 0.25) is 0 Å². The van der Waals surface area contributed by atoms with Gasteiger partial charge in [-0.1, -0.05) is 0 Å². The van der Waals surface area contributed by atoms with E-state index in [0.717, 1.165) is 11.6 Å². The highest BCUT2D eigenvalue weighted by Crippen LogP contribution is 2.40. The van der Waals surface area contributed by atoms with Crippen molar-refractivity contribution in [2.75, 3.05) is 20.1 Å². The first-order valence-corrected chi connectivity index (χ1v) is 12.7. The molecule has 2 aliphatic rings. The molecular formula is C28H35FN4O. The highest BCUT2D eigenvalue weighted by molar-refractivity contribution is 5.99. The summed E-state index contributed by atoms with van der Waals surface area (Å²) >= 11 is 0. The van der Waals surface area contributed by atoms with E-state index >= 15 is 0 Å². The maximum Gasteiger partial charge on any atom is 0.256 e. The number of carbonyl (C=O) groups excluding carboxylic acids is 1. The Kier molecular flexibility index (Phi) is 6.43. The second-order valence-electron chi connectivity index (χ2n) is 10.3. The quantitative estimate of drug-likeness (QED) is 0.484. The van der Waals surface area contributed by atoms with Crippen LogP contribution in [0.25, 0.3) is 16.6 Å². The third kappa shape index (κ3) is 4.24.